The number of hydrogen-bond donors (Lipinski definition) is 5. The van der Waals surface area contributed by atoms with Crippen LogP contribution in [0, 0.1) is 5.92 Å². The second kappa shape index (κ2) is 15.5. The molecule has 0 aromatic carbocycles. The maximum absolute atomic E-state index is 12.9. The van der Waals surface area contributed by atoms with Crippen molar-refractivity contribution >= 4 is 35.8 Å². The Morgan fingerprint density at radius 3 is 2.12 bits per heavy atom. The summed E-state index contributed by atoms with van der Waals surface area (Å²) in [4.78, 5) is 62.9. The van der Waals surface area contributed by atoms with Crippen LogP contribution in [0.25, 0.3) is 5.53 Å². The van der Waals surface area contributed by atoms with Crippen LogP contribution in [-0.2, 0) is 23.9 Å². The number of hydrogen-bond acceptors (Lipinski definition) is 7. The summed E-state index contributed by atoms with van der Waals surface area (Å²) in [6.07, 6.45) is 0.327. The number of carbonyl (C=O) groups excluding carboxylic acids is 5. The molecular formula is C20H35N7O6. The van der Waals surface area contributed by atoms with E-state index in [1.807, 2.05) is 0 Å². The van der Waals surface area contributed by atoms with Crippen LogP contribution in [-0.4, -0.2) is 71.4 Å². The third-order valence-electron chi connectivity index (χ3n) is 4.46. The Bertz CT molecular complexity index is 749. The van der Waals surface area contributed by atoms with Gasteiger partial charge in [-0.05, 0) is 39.0 Å². The molecule has 13 nitrogen and oxygen atoms in total. The van der Waals surface area contributed by atoms with Crippen molar-refractivity contribution in [2.45, 2.75) is 77.6 Å². The molecule has 7 N–H and O–H groups in total. The van der Waals surface area contributed by atoms with E-state index >= 15 is 0 Å². The van der Waals surface area contributed by atoms with Gasteiger partial charge in [0.1, 0.15) is 12.1 Å². The van der Waals surface area contributed by atoms with Gasteiger partial charge in [-0.1, -0.05) is 13.8 Å². The zero-order valence-electron chi connectivity index (χ0n) is 19.5. The SMILES string of the molecule is CC(C)OC(=O)[C@H](CCC(=O)C=[N+]=[N-])NC(=O)[C@H](CCCNC(N)=O)NC(=O)C(N)C(C)C. The quantitative estimate of drug-likeness (QED) is 0.0660. The fourth-order valence-corrected chi connectivity index (χ4v) is 2.61. The highest BCUT2D eigenvalue weighted by atomic mass is 16.5. The van der Waals surface area contributed by atoms with Crippen molar-refractivity contribution in [2.24, 2.45) is 17.4 Å². The lowest BCUT2D eigenvalue weighted by Gasteiger charge is -2.25. The molecule has 0 aliphatic rings. The molecular weight excluding hydrogens is 434 g/mol. The van der Waals surface area contributed by atoms with Crippen molar-refractivity contribution in [3.8, 4) is 0 Å². The topological polar surface area (TPSA) is 219 Å². The van der Waals surface area contributed by atoms with Gasteiger partial charge in [-0.15, -0.1) is 0 Å². The second-order valence-electron chi connectivity index (χ2n) is 8.06. The molecule has 0 bridgehead atoms. The van der Waals surface area contributed by atoms with Gasteiger partial charge in [-0.3, -0.25) is 14.4 Å². The average molecular weight is 470 g/mol. The van der Waals surface area contributed by atoms with E-state index in [0.717, 1.165) is 0 Å². The Balaban J connectivity index is 5.45. The van der Waals surface area contributed by atoms with E-state index in [0.29, 0.717) is 12.6 Å². The van der Waals surface area contributed by atoms with Gasteiger partial charge in [0.25, 0.3) is 0 Å². The monoisotopic (exact) mass is 469 g/mol. The smallest absolute Gasteiger partial charge is 0.328 e. The molecule has 0 fully saturated rings. The van der Waals surface area contributed by atoms with Crippen LogP contribution in [0.5, 0.6) is 0 Å². The zero-order valence-corrected chi connectivity index (χ0v) is 19.5. The van der Waals surface area contributed by atoms with Crippen molar-refractivity contribution in [1.29, 1.82) is 0 Å². The molecule has 0 aromatic rings. The van der Waals surface area contributed by atoms with Gasteiger partial charge in [0.15, 0.2) is 0 Å². The number of Topliss-reactive ketones (excluding diaryl/α,β-unsaturated/α-hetero) is 1. The molecule has 0 aliphatic heterocycles. The van der Waals surface area contributed by atoms with Gasteiger partial charge >= 0.3 is 18.2 Å². The van der Waals surface area contributed by atoms with Crippen molar-refractivity contribution in [3.63, 3.8) is 0 Å². The number of rotatable bonds is 15. The van der Waals surface area contributed by atoms with E-state index in [-0.39, 0.29) is 31.7 Å². The molecule has 3 atom stereocenters. The Labute approximate surface area is 193 Å². The lowest BCUT2D eigenvalue weighted by molar-refractivity contribution is -0.152. The first kappa shape index (κ1) is 29.7. The molecule has 0 heterocycles. The Kier molecular flexibility index (Phi) is 13.9. The number of amides is 4. The molecule has 4 amide bonds. The van der Waals surface area contributed by atoms with E-state index in [1.54, 1.807) is 27.7 Å². The number of ether oxygens (including phenoxy) is 1. The van der Waals surface area contributed by atoms with Crippen molar-refractivity contribution in [1.82, 2.24) is 16.0 Å². The molecule has 13 heteroatoms. The number of nitrogens with one attached hydrogen (secondary N) is 3. The van der Waals surface area contributed by atoms with Crippen molar-refractivity contribution in [3.05, 3.63) is 5.53 Å². The van der Waals surface area contributed by atoms with E-state index in [9.17, 15) is 24.0 Å². The van der Waals surface area contributed by atoms with Gasteiger partial charge < -0.3 is 37.7 Å². The predicted molar refractivity (Wildman–Crippen MR) is 119 cm³/mol. The van der Waals surface area contributed by atoms with Crippen LogP contribution in [0.4, 0.5) is 4.79 Å². The number of urea groups is 1. The summed E-state index contributed by atoms with van der Waals surface area (Å²) in [6, 6.07) is -3.84. The first-order chi connectivity index (χ1) is 15.4. The highest BCUT2D eigenvalue weighted by Gasteiger charge is 2.30. The molecule has 0 aliphatic carbocycles. The summed E-state index contributed by atoms with van der Waals surface area (Å²) in [5.74, 6) is -2.74. The number of carbonyl (C=O) groups is 5. The van der Waals surface area contributed by atoms with Crippen molar-refractivity contribution < 1.29 is 33.5 Å². The molecule has 0 saturated carbocycles. The fraction of sp³-hybridized carbons (Fsp3) is 0.700. The highest BCUT2D eigenvalue weighted by molar-refractivity contribution is 6.25. The van der Waals surface area contributed by atoms with E-state index < -0.39 is 53.8 Å². The Hall–Kier alpha value is -3.31. The predicted octanol–water partition coefficient (Wildman–Crippen LogP) is -1.01. The molecule has 0 spiro atoms. The van der Waals surface area contributed by atoms with E-state index in [1.165, 1.54) is 0 Å². The zero-order chi connectivity index (χ0) is 25.6. The number of primary amides is 1. The van der Waals surface area contributed by atoms with Gasteiger partial charge in [-0.25, -0.2) is 9.59 Å². The fourth-order valence-electron chi connectivity index (χ4n) is 2.61. The third kappa shape index (κ3) is 13.0. The molecule has 0 saturated heterocycles. The summed E-state index contributed by atoms with van der Waals surface area (Å²) in [6.45, 7) is 6.92. The van der Waals surface area contributed by atoms with Crippen molar-refractivity contribution in [2.75, 3.05) is 6.54 Å². The summed E-state index contributed by atoms with van der Waals surface area (Å²) in [5, 5.41) is 7.45. The highest BCUT2D eigenvalue weighted by Crippen LogP contribution is 2.07. The lowest BCUT2D eigenvalue weighted by Crippen LogP contribution is -2.55. The molecule has 33 heavy (non-hydrogen) atoms. The molecule has 186 valence electrons. The Morgan fingerprint density at radius 2 is 1.61 bits per heavy atom. The summed E-state index contributed by atoms with van der Waals surface area (Å²) < 4.78 is 5.14. The minimum atomic E-state index is -1.18. The van der Waals surface area contributed by atoms with E-state index in [4.69, 9.17) is 21.7 Å². The minimum Gasteiger partial charge on any atom is -0.461 e. The molecule has 1 unspecified atom stereocenters. The standard InChI is InChI=1S/C20H35N7O6/c1-11(2)16(21)18(30)26-14(6-5-9-24-20(22)32)17(29)27-15(19(31)33-12(3)4)8-7-13(28)10-25-23/h10-12,14-16H,5-9,21H2,1-4H3,(H,26,30)(H,27,29)(H3,22,24,32)/t14-,15-,16?/m0/s1. The lowest BCUT2D eigenvalue weighted by atomic mass is 10.0. The third-order valence-corrected chi connectivity index (χ3v) is 4.46. The normalized spacial score (nSPS) is 13.3. The van der Waals surface area contributed by atoms with E-state index in [2.05, 4.69) is 20.7 Å². The number of ketones is 1. The Morgan fingerprint density at radius 1 is 1.00 bits per heavy atom. The molecule has 0 rings (SSSR count). The average Bonchev–Trinajstić information content (AvgIpc) is 2.71. The molecule has 0 aromatic heterocycles. The summed E-state index contributed by atoms with van der Waals surface area (Å²) in [7, 11) is 0. The largest absolute Gasteiger partial charge is 0.461 e. The van der Waals surface area contributed by atoms with Crippen LogP contribution in [0.2, 0.25) is 0 Å². The number of esters is 1. The van der Waals surface area contributed by atoms with Crippen LogP contribution in [0.3, 0.4) is 0 Å². The molecule has 0 radical (unpaired) electrons. The first-order valence-corrected chi connectivity index (χ1v) is 10.7. The van der Waals surface area contributed by atoms with Gasteiger partial charge in [0.05, 0.1) is 12.1 Å². The second-order valence-corrected chi connectivity index (χ2v) is 8.06. The van der Waals surface area contributed by atoms with Crippen LogP contribution in [0.1, 0.15) is 53.4 Å². The van der Waals surface area contributed by atoms with Gasteiger partial charge in [-0.2, -0.15) is 4.79 Å². The maximum atomic E-state index is 12.9. The van der Waals surface area contributed by atoms with Crippen LogP contribution in [0.15, 0.2) is 0 Å². The van der Waals surface area contributed by atoms with Gasteiger partial charge in [0, 0.05) is 13.0 Å². The number of nitrogens with zero attached hydrogens (tertiary/aromatic N) is 2. The minimum absolute atomic E-state index is 0.114. The summed E-state index contributed by atoms with van der Waals surface area (Å²) >= 11 is 0. The van der Waals surface area contributed by atoms with Gasteiger partial charge in [0.2, 0.25) is 17.6 Å². The number of nitrogens with two attached hydrogens (primary N) is 2. The van der Waals surface area contributed by atoms with Crippen LogP contribution >= 0.6 is 0 Å². The first-order valence-electron chi connectivity index (χ1n) is 10.7. The van der Waals surface area contributed by atoms with Crippen LogP contribution < -0.4 is 27.4 Å². The summed E-state index contributed by atoms with van der Waals surface area (Å²) in [5.41, 5.74) is 19.3. The maximum Gasteiger partial charge on any atom is 0.328 e.